The molecule has 0 fully saturated rings. The van der Waals surface area contributed by atoms with Gasteiger partial charge in [-0.2, -0.15) is 5.26 Å². The van der Waals surface area contributed by atoms with Crippen LogP contribution in [0.25, 0.3) is 0 Å². The first-order chi connectivity index (χ1) is 9.69. The monoisotopic (exact) mass is 265 g/mol. The van der Waals surface area contributed by atoms with E-state index in [2.05, 4.69) is 37.3 Å². The molecule has 102 valence electrons. The van der Waals surface area contributed by atoms with E-state index in [4.69, 9.17) is 10.00 Å². The van der Waals surface area contributed by atoms with E-state index in [0.717, 1.165) is 24.2 Å². The molecule has 0 saturated heterocycles. The standard InChI is InChI=1S/C18H19NO/c1-14-5-7-16(8-6-14)4-3-11-20-18-10-9-17(13-19)12-15(18)2/h5-10,12H,3-4,11H2,1-2H3. The molecule has 0 aliphatic carbocycles. The van der Waals surface area contributed by atoms with Gasteiger partial charge in [-0.25, -0.2) is 0 Å². The third-order valence-corrected chi connectivity index (χ3v) is 3.29. The molecule has 0 atom stereocenters. The zero-order chi connectivity index (χ0) is 14.4. The molecule has 0 aromatic heterocycles. The van der Waals surface area contributed by atoms with Gasteiger partial charge in [0.15, 0.2) is 0 Å². The van der Waals surface area contributed by atoms with Crippen LogP contribution >= 0.6 is 0 Å². The average molecular weight is 265 g/mol. The molecule has 2 nitrogen and oxygen atoms in total. The summed E-state index contributed by atoms with van der Waals surface area (Å²) in [5, 5.41) is 8.82. The molecule has 0 amide bonds. The van der Waals surface area contributed by atoms with Crippen LogP contribution in [0.15, 0.2) is 42.5 Å². The Morgan fingerprint density at radius 3 is 2.45 bits per heavy atom. The SMILES string of the molecule is Cc1ccc(CCCOc2ccc(C#N)cc2C)cc1. The first-order valence-electron chi connectivity index (χ1n) is 6.88. The number of rotatable bonds is 5. The predicted octanol–water partition coefficient (Wildman–Crippen LogP) is 4.19. The van der Waals surface area contributed by atoms with Crippen LogP contribution < -0.4 is 4.74 Å². The van der Waals surface area contributed by atoms with Crippen molar-refractivity contribution in [2.45, 2.75) is 26.7 Å². The van der Waals surface area contributed by atoms with Crippen molar-refractivity contribution >= 4 is 0 Å². The zero-order valence-electron chi connectivity index (χ0n) is 12.0. The number of nitrogens with zero attached hydrogens (tertiary/aromatic N) is 1. The van der Waals surface area contributed by atoms with Crippen LogP contribution in [0.3, 0.4) is 0 Å². The first-order valence-corrected chi connectivity index (χ1v) is 6.88. The van der Waals surface area contributed by atoms with Gasteiger partial charge in [-0.1, -0.05) is 29.8 Å². The Morgan fingerprint density at radius 2 is 1.80 bits per heavy atom. The number of benzene rings is 2. The number of nitriles is 1. The van der Waals surface area contributed by atoms with Gasteiger partial charge in [0.1, 0.15) is 5.75 Å². The third-order valence-electron chi connectivity index (χ3n) is 3.29. The van der Waals surface area contributed by atoms with Gasteiger partial charge in [0.05, 0.1) is 18.2 Å². The molecule has 2 aromatic rings. The van der Waals surface area contributed by atoms with E-state index in [-0.39, 0.29) is 0 Å². The minimum absolute atomic E-state index is 0.675. The lowest BCUT2D eigenvalue weighted by molar-refractivity contribution is 0.309. The Hall–Kier alpha value is -2.27. The molecule has 0 aliphatic rings. The van der Waals surface area contributed by atoms with Gasteiger partial charge < -0.3 is 4.74 Å². The molecule has 0 N–H and O–H groups in total. The topological polar surface area (TPSA) is 33.0 Å². The summed E-state index contributed by atoms with van der Waals surface area (Å²) < 4.78 is 5.77. The molecule has 0 unspecified atom stereocenters. The fourth-order valence-electron chi connectivity index (χ4n) is 2.09. The maximum Gasteiger partial charge on any atom is 0.122 e. The molecule has 0 heterocycles. The third kappa shape index (κ3) is 3.86. The van der Waals surface area contributed by atoms with Gasteiger partial charge in [-0.15, -0.1) is 0 Å². The number of hydrogen-bond acceptors (Lipinski definition) is 2. The molecular formula is C18H19NO. The van der Waals surface area contributed by atoms with Crippen LogP contribution in [0.1, 0.15) is 28.7 Å². The quantitative estimate of drug-likeness (QED) is 0.759. The van der Waals surface area contributed by atoms with Gasteiger partial charge in [-0.3, -0.25) is 0 Å². The Balaban J connectivity index is 1.81. The molecule has 0 radical (unpaired) electrons. The lowest BCUT2D eigenvalue weighted by atomic mass is 10.1. The summed E-state index contributed by atoms with van der Waals surface area (Å²) in [6.07, 6.45) is 2.01. The normalized spacial score (nSPS) is 10.1. The molecule has 2 rings (SSSR count). The van der Waals surface area contributed by atoms with E-state index < -0.39 is 0 Å². The highest BCUT2D eigenvalue weighted by atomic mass is 16.5. The molecule has 0 spiro atoms. The van der Waals surface area contributed by atoms with Crippen molar-refractivity contribution in [1.29, 1.82) is 5.26 Å². The second kappa shape index (κ2) is 6.77. The predicted molar refractivity (Wildman–Crippen MR) is 80.9 cm³/mol. The lowest BCUT2D eigenvalue weighted by Gasteiger charge is -2.09. The average Bonchev–Trinajstić information content (AvgIpc) is 2.46. The van der Waals surface area contributed by atoms with Gasteiger partial charge in [-0.05, 0) is 56.0 Å². The van der Waals surface area contributed by atoms with Crippen molar-refractivity contribution < 1.29 is 4.74 Å². The summed E-state index contributed by atoms with van der Waals surface area (Å²) in [5.74, 6) is 0.868. The Bertz CT molecular complexity index is 608. The summed E-state index contributed by atoms with van der Waals surface area (Å²) in [5.41, 5.74) is 4.32. The van der Waals surface area contributed by atoms with Crippen LogP contribution in [-0.4, -0.2) is 6.61 Å². The second-order valence-corrected chi connectivity index (χ2v) is 5.03. The van der Waals surface area contributed by atoms with Gasteiger partial charge in [0.2, 0.25) is 0 Å². The highest BCUT2D eigenvalue weighted by Gasteiger charge is 2.01. The van der Waals surface area contributed by atoms with Crippen molar-refractivity contribution in [3.05, 3.63) is 64.7 Å². The zero-order valence-corrected chi connectivity index (χ0v) is 12.0. The highest BCUT2D eigenvalue weighted by Crippen LogP contribution is 2.19. The minimum Gasteiger partial charge on any atom is -0.493 e. The summed E-state index contributed by atoms with van der Waals surface area (Å²) in [6, 6.07) is 16.3. The minimum atomic E-state index is 0.675. The second-order valence-electron chi connectivity index (χ2n) is 5.03. The summed E-state index contributed by atoms with van der Waals surface area (Å²) in [4.78, 5) is 0. The van der Waals surface area contributed by atoms with Crippen molar-refractivity contribution in [3.63, 3.8) is 0 Å². The van der Waals surface area contributed by atoms with Crippen LogP contribution in [0.2, 0.25) is 0 Å². The fourth-order valence-corrected chi connectivity index (χ4v) is 2.09. The Morgan fingerprint density at radius 1 is 1.05 bits per heavy atom. The summed E-state index contributed by atoms with van der Waals surface area (Å²) >= 11 is 0. The Kier molecular flexibility index (Phi) is 4.79. The van der Waals surface area contributed by atoms with E-state index >= 15 is 0 Å². The molecule has 0 bridgehead atoms. The van der Waals surface area contributed by atoms with Crippen LogP contribution in [0.4, 0.5) is 0 Å². The molecule has 0 saturated carbocycles. The molecular weight excluding hydrogens is 246 g/mol. The van der Waals surface area contributed by atoms with Crippen molar-refractivity contribution in [1.82, 2.24) is 0 Å². The van der Waals surface area contributed by atoms with E-state index in [9.17, 15) is 0 Å². The van der Waals surface area contributed by atoms with E-state index in [1.807, 2.05) is 19.1 Å². The van der Waals surface area contributed by atoms with E-state index in [0.29, 0.717) is 12.2 Å². The van der Waals surface area contributed by atoms with Gasteiger partial charge in [0, 0.05) is 0 Å². The number of aryl methyl sites for hydroxylation is 3. The van der Waals surface area contributed by atoms with Crippen molar-refractivity contribution in [2.24, 2.45) is 0 Å². The van der Waals surface area contributed by atoms with Crippen LogP contribution in [0.5, 0.6) is 5.75 Å². The molecule has 20 heavy (non-hydrogen) atoms. The molecule has 2 aromatic carbocycles. The van der Waals surface area contributed by atoms with Crippen LogP contribution in [0, 0.1) is 25.2 Å². The molecule has 0 aliphatic heterocycles. The lowest BCUT2D eigenvalue weighted by Crippen LogP contribution is -2.01. The maximum atomic E-state index is 8.82. The van der Waals surface area contributed by atoms with Gasteiger partial charge >= 0.3 is 0 Å². The number of ether oxygens (including phenoxy) is 1. The first kappa shape index (κ1) is 14.1. The maximum absolute atomic E-state index is 8.82. The van der Waals surface area contributed by atoms with Crippen LogP contribution in [-0.2, 0) is 6.42 Å². The van der Waals surface area contributed by atoms with Gasteiger partial charge in [0.25, 0.3) is 0 Å². The largest absolute Gasteiger partial charge is 0.493 e. The summed E-state index contributed by atoms with van der Waals surface area (Å²) in [7, 11) is 0. The van der Waals surface area contributed by atoms with E-state index in [1.165, 1.54) is 11.1 Å². The molecule has 2 heteroatoms. The number of hydrogen-bond donors (Lipinski definition) is 0. The van der Waals surface area contributed by atoms with Crippen molar-refractivity contribution in [3.8, 4) is 11.8 Å². The Labute approximate surface area is 120 Å². The van der Waals surface area contributed by atoms with E-state index in [1.54, 1.807) is 6.07 Å². The summed E-state index contributed by atoms with van der Waals surface area (Å²) in [6.45, 7) is 4.76. The van der Waals surface area contributed by atoms with Crippen molar-refractivity contribution in [2.75, 3.05) is 6.61 Å². The highest BCUT2D eigenvalue weighted by molar-refractivity contribution is 5.41. The smallest absolute Gasteiger partial charge is 0.122 e. The fraction of sp³-hybridized carbons (Fsp3) is 0.278.